The van der Waals surface area contributed by atoms with Gasteiger partial charge in [-0.25, -0.2) is 4.39 Å². The number of fused-ring (bicyclic) bond motifs is 1. The van der Waals surface area contributed by atoms with Gasteiger partial charge in [-0.3, -0.25) is 9.59 Å². The highest BCUT2D eigenvalue weighted by Gasteiger charge is 2.30. The second kappa shape index (κ2) is 5.88. The first-order chi connectivity index (χ1) is 10.5. The zero-order valence-corrected chi connectivity index (χ0v) is 12.8. The molecule has 1 aliphatic rings. The monoisotopic (exact) mass is 318 g/mol. The van der Waals surface area contributed by atoms with E-state index in [1.807, 2.05) is 18.4 Å². The molecule has 114 valence electrons. The van der Waals surface area contributed by atoms with Crippen molar-refractivity contribution in [1.82, 2.24) is 5.32 Å². The maximum atomic E-state index is 13.3. The highest BCUT2D eigenvalue weighted by molar-refractivity contribution is 7.10. The Labute approximate surface area is 131 Å². The first-order valence-corrected chi connectivity index (χ1v) is 7.82. The van der Waals surface area contributed by atoms with Gasteiger partial charge in [0.1, 0.15) is 5.82 Å². The van der Waals surface area contributed by atoms with Gasteiger partial charge in [-0.2, -0.15) is 0 Å². The fourth-order valence-corrected chi connectivity index (χ4v) is 3.39. The minimum atomic E-state index is -0.579. The highest BCUT2D eigenvalue weighted by Crippen LogP contribution is 2.33. The van der Waals surface area contributed by atoms with Crippen molar-refractivity contribution in [3.05, 3.63) is 51.5 Å². The van der Waals surface area contributed by atoms with Crippen LogP contribution in [-0.2, 0) is 16.1 Å². The number of anilines is 1. The second-order valence-corrected chi connectivity index (χ2v) is 6.28. The van der Waals surface area contributed by atoms with Gasteiger partial charge in [0, 0.05) is 17.0 Å². The molecule has 3 rings (SSSR count). The van der Waals surface area contributed by atoms with Gasteiger partial charge in [-0.15, -0.1) is 11.3 Å². The Morgan fingerprint density at radius 3 is 3.00 bits per heavy atom. The average molecular weight is 318 g/mol. The van der Waals surface area contributed by atoms with Crippen LogP contribution in [0.5, 0.6) is 0 Å². The molecular formula is C16H15FN2O2S. The summed E-state index contributed by atoms with van der Waals surface area (Å²) < 4.78 is 13.3. The number of rotatable bonds is 3. The molecule has 1 aromatic carbocycles. The maximum Gasteiger partial charge on any atom is 0.228 e. The molecule has 4 nitrogen and oxygen atoms in total. The number of hydrogen-bond acceptors (Lipinski definition) is 3. The number of halogens is 1. The van der Waals surface area contributed by atoms with E-state index in [0.29, 0.717) is 17.8 Å². The second-order valence-electron chi connectivity index (χ2n) is 5.28. The van der Waals surface area contributed by atoms with E-state index in [9.17, 15) is 14.0 Å². The topological polar surface area (TPSA) is 58.2 Å². The van der Waals surface area contributed by atoms with Crippen LogP contribution in [0.2, 0.25) is 0 Å². The number of hydrogen-bond donors (Lipinski definition) is 2. The Kier molecular flexibility index (Phi) is 3.94. The number of carbonyl (C=O) groups excluding carboxylic acids is 2. The molecular weight excluding hydrogens is 303 g/mol. The van der Waals surface area contributed by atoms with E-state index < -0.39 is 11.7 Å². The van der Waals surface area contributed by atoms with Crippen LogP contribution in [0.15, 0.2) is 29.6 Å². The van der Waals surface area contributed by atoms with Crippen LogP contribution < -0.4 is 10.6 Å². The van der Waals surface area contributed by atoms with Crippen molar-refractivity contribution in [3.63, 3.8) is 0 Å². The lowest BCUT2D eigenvalue weighted by Crippen LogP contribution is -2.34. The molecule has 0 radical (unpaired) electrons. The molecule has 0 bridgehead atoms. The number of carbonyl (C=O) groups is 2. The zero-order chi connectivity index (χ0) is 15.7. The van der Waals surface area contributed by atoms with Crippen molar-refractivity contribution in [2.75, 3.05) is 5.32 Å². The van der Waals surface area contributed by atoms with Gasteiger partial charge in [0.15, 0.2) is 0 Å². The lowest BCUT2D eigenvalue weighted by molar-refractivity contribution is -0.126. The van der Waals surface area contributed by atoms with Crippen molar-refractivity contribution in [3.8, 4) is 0 Å². The molecule has 2 N–H and O–H groups in total. The number of benzene rings is 1. The Bertz CT molecular complexity index is 741. The minimum absolute atomic E-state index is 0.0773. The molecule has 0 spiro atoms. The summed E-state index contributed by atoms with van der Waals surface area (Å²) in [5.74, 6) is -1.50. The lowest BCUT2D eigenvalue weighted by atomic mass is 9.89. The van der Waals surface area contributed by atoms with Gasteiger partial charge in [0.25, 0.3) is 0 Å². The van der Waals surface area contributed by atoms with Crippen LogP contribution in [0, 0.1) is 12.7 Å². The molecule has 2 aromatic rings. The van der Waals surface area contributed by atoms with Crippen LogP contribution in [0.25, 0.3) is 0 Å². The quantitative estimate of drug-likeness (QED) is 0.914. The van der Waals surface area contributed by atoms with Gasteiger partial charge in [0.05, 0.1) is 12.5 Å². The number of thiophene rings is 1. The summed E-state index contributed by atoms with van der Waals surface area (Å²) in [6.45, 7) is 2.43. The average Bonchev–Trinajstić information content (AvgIpc) is 2.88. The molecule has 0 aliphatic carbocycles. The van der Waals surface area contributed by atoms with E-state index in [2.05, 4.69) is 10.6 Å². The molecule has 0 fully saturated rings. The molecule has 0 saturated carbocycles. The van der Waals surface area contributed by atoms with E-state index in [1.54, 1.807) is 17.4 Å². The molecule has 1 aliphatic heterocycles. The predicted octanol–water partition coefficient (Wildman–Crippen LogP) is 2.94. The van der Waals surface area contributed by atoms with E-state index in [-0.39, 0.29) is 18.2 Å². The number of aryl methyl sites for hydroxylation is 1. The normalized spacial score (nSPS) is 16.8. The van der Waals surface area contributed by atoms with Crippen LogP contribution in [0.1, 0.15) is 28.3 Å². The molecule has 1 atom stereocenters. The number of nitrogens with one attached hydrogen (secondary N) is 2. The van der Waals surface area contributed by atoms with Crippen LogP contribution >= 0.6 is 11.3 Å². The Morgan fingerprint density at radius 2 is 2.27 bits per heavy atom. The Hall–Kier alpha value is -2.21. The molecule has 0 saturated heterocycles. The summed E-state index contributed by atoms with van der Waals surface area (Å²) in [5, 5.41) is 7.45. The summed E-state index contributed by atoms with van der Waals surface area (Å²) in [6.07, 6.45) is 0.0773. The summed E-state index contributed by atoms with van der Waals surface area (Å²) in [5.41, 5.74) is 2.17. The number of amides is 2. The molecule has 1 aromatic heterocycles. The first-order valence-electron chi connectivity index (χ1n) is 6.94. The van der Waals surface area contributed by atoms with Crippen LogP contribution in [0.3, 0.4) is 0 Å². The van der Waals surface area contributed by atoms with Gasteiger partial charge in [-0.05, 0) is 41.6 Å². The van der Waals surface area contributed by atoms with Gasteiger partial charge >= 0.3 is 0 Å². The van der Waals surface area contributed by atoms with E-state index in [1.165, 1.54) is 12.1 Å². The highest BCUT2D eigenvalue weighted by atomic mass is 32.1. The third-order valence-electron chi connectivity index (χ3n) is 3.76. The fraction of sp³-hybridized carbons (Fsp3) is 0.250. The molecule has 2 amide bonds. The molecule has 6 heteroatoms. The maximum absolute atomic E-state index is 13.3. The summed E-state index contributed by atoms with van der Waals surface area (Å²) in [6, 6.07) is 6.11. The Morgan fingerprint density at radius 1 is 1.45 bits per heavy atom. The zero-order valence-electron chi connectivity index (χ0n) is 12.0. The van der Waals surface area contributed by atoms with Crippen molar-refractivity contribution >= 4 is 28.8 Å². The summed E-state index contributed by atoms with van der Waals surface area (Å²) >= 11 is 1.58. The third-order valence-corrected chi connectivity index (χ3v) is 4.79. The van der Waals surface area contributed by atoms with E-state index in [0.717, 1.165) is 10.4 Å². The van der Waals surface area contributed by atoms with Crippen LogP contribution in [0.4, 0.5) is 10.1 Å². The fourth-order valence-electron chi connectivity index (χ4n) is 2.55. The smallest absolute Gasteiger partial charge is 0.228 e. The molecule has 22 heavy (non-hydrogen) atoms. The van der Waals surface area contributed by atoms with Crippen molar-refractivity contribution in [1.29, 1.82) is 0 Å². The Balaban J connectivity index is 1.78. The summed E-state index contributed by atoms with van der Waals surface area (Å²) in [4.78, 5) is 25.2. The van der Waals surface area contributed by atoms with Crippen LogP contribution in [-0.4, -0.2) is 11.8 Å². The first kappa shape index (κ1) is 14.7. The molecule has 2 heterocycles. The predicted molar refractivity (Wildman–Crippen MR) is 83.3 cm³/mol. The largest absolute Gasteiger partial charge is 0.351 e. The molecule has 0 unspecified atom stereocenters. The van der Waals surface area contributed by atoms with E-state index >= 15 is 0 Å². The van der Waals surface area contributed by atoms with Crippen molar-refractivity contribution in [2.45, 2.75) is 25.8 Å². The van der Waals surface area contributed by atoms with Gasteiger partial charge < -0.3 is 10.6 Å². The SMILES string of the molecule is Cc1ccsc1CNC(=O)[C@H]1CC(=O)Nc2cc(F)ccc21. The van der Waals surface area contributed by atoms with Crippen molar-refractivity contribution in [2.24, 2.45) is 0 Å². The standard InChI is InChI=1S/C16H15FN2O2S/c1-9-4-5-22-14(9)8-18-16(21)12-7-15(20)19-13-6-10(17)2-3-11(12)13/h2-6,12H,7-8H2,1H3,(H,18,21)(H,19,20)/t12-/m0/s1. The summed E-state index contributed by atoms with van der Waals surface area (Å²) in [7, 11) is 0. The lowest BCUT2D eigenvalue weighted by Gasteiger charge is -2.24. The minimum Gasteiger partial charge on any atom is -0.351 e. The van der Waals surface area contributed by atoms with E-state index in [4.69, 9.17) is 0 Å². The third kappa shape index (κ3) is 2.87. The van der Waals surface area contributed by atoms with Crippen molar-refractivity contribution < 1.29 is 14.0 Å². The van der Waals surface area contributed by atoms with Gasteiger partial charge in [-0.1, -0.05) is 6.07 Å². The van der Waals surface area contributed by atoms with Gasteiger partial charge in [0.2, 0.25) is 11.8 Å².